The number of pyridine rings is 1. The maximum absolute atomic E-state index is 12.0. The second kappa shape index (κ2) is 9.45. The van der Waals surface area contributed by atoms with Gasteiger partial charge in [-0.15, -0.1) is 11.8 Å². The molecule has 1 aromatic heterocycles. The van der Waals surface area contributed by atoms with Gasteiger partial charge in [0, 0.05) is 12.7 Å². The van der Waals surface area contributed by atoms with Crippen LogP contribution in [0.5, 0.6) is 11.5 Å². The number of likely N-dealkylation sites (tertiary alicyclic amines) is 1. The van der Waals surface area contributed by atoms with E-state index in [9.17, 15) is 4.79 Å². The van der Waals surface area contributed by atoms with E-state index < -0.39 is 5.91 Å². The van der Waals surface area contributed by atoms with E-state index in [-0.39, 0.29) is 6.10 Å². The third-order valence-electron chi connectivity index (χ3n) is 5.76. The predicted molar refractivity (Wildman–Crippen MR) is 119 cm³/mol. The van der Waals surface area contributed by atoms with Gasteiger partial charge in [-0.2, -0.15) is 0 Å². The van der Waals surface area contributed by atoms with Crippen molar-refractivity contribution in [3.8, 4) is 11.5 Å². The summed E-state index contributed by atoms with van der Waals surface area (Å²) in [6, 6.07) is 7.50. The number of nitrogens with zero attached hydrogens (tertiary/aromatic N) is 2. The van der Waals surface area contributed by atoms with Crippen molar-refractivity contribution in [3.05, 3.63) is 46.6 Å². The summed E-state index contributed by atoms with van der Waals surface area (Å²) in [5.41, 5.74) is 7.22. The zero-order chi connectivity index (χ0) is 21.1. The van der Waals surface area contributed by atoms with Crippen molar-refractivity contribution in [2.75, 3.05) is 32.5 Å². The van der Waals surface area contributed by atoms with E-state index in [1.165, 1.54) is 11.8 Å². The number of nitrogens with two attached hydrogens (primary N) is 1. The average molecular weight is 448 g/mol. The topological polar surface area (TPSA) is 77.7 Å². The van der Waals surface area contributed by atoms with Crippen LogP contribution >= 0.6 is 23.4 Å². The van der Waals surface area contributed by atoms with E-state index in [2.05, 4.69) is 9.88 Å². The van der Waals surface area contributed by atoms with Gasteiger partial charge < -0.3 is 15.2 Å². The number of carbonyl (C=O) groups is 1. The zero-order valence-corrected chi connectivity index (χ0v) is 18.5. The molecule has 6 nitrogen and oxygen atoms in total. The molecule has 0 radical (unpaired) electrons. The number of fused-ring (bicyclic) bond motifs is 1. The van der Waals surface area contributed by atoms with Gasteiger partial charge >= 0.3 is 0 Å². The fourth-order valence-corrected chi connectivity index (χ4v) is 5.04. The molecule has 0 spiro atoms. The van der Waals surface area contributed by atoms with Crippen LogP contribution in [0.15, 0.2) is 35.5 Å². The summed E-state index contributed by atoms with van der Waals surface area (Å²) in [5.74, 6) is 1.49. The van der Waals surface area contributed by atoms with Gasteiger partial charge in [-0.05, 0) is 68.3 Å². The number of carbonyl (C=O) groups excluding carboxylic acids is 1. The molecule has 4 rings (SSSR count). The van der Waals surface area contributed by atoms with Crippen molar-refractivity contribution < 1.29 is 14.3 Å². The molecule has 0 bridgehead atoms. The molecular formula is C22H26ClN3O3S. The van der Waals surface area contributed by atoms with Crippen LogP contribution in [0.3, 0.4) is 0 Å². The number of benzene rings is 1. The molecule has 2 N–H and O–H groups in total. The highest BCUT2D eigenvalue weighted by Crippen LogP contribution is 2.38. The number of hydrogen-bond acceptors (Lipinski definition) is 6. The fraction of sp³-hybridized carbons (Fsp3) is 0.455. The number of hydrogen-bond donors (Lipinski definition) is 1. The number of halogens is 1. The number of primary amides is 1. The zero-order valence-electron chi connectivity index (χ0n) is 17.0. The summed E-state index contributed by atoms with van der Waals surface area (Å²) in [6.07, 6.45) is 6.65. The average Bonchev–Trinajstić information content (AvgIpc) is 2.75. The van der Waals surface area contributed by atoms with Crippen molar-refractivity contribution in [2.24, 2.45) is 11.7 Å². The van der Waals surface area contributed by atoms with E-state index in [1.807, 2.05) is 30.5 Å². The molecule has 8 heteroatoms. The summed E-state index contributed by atoms with van der Waals surface area (Å²) in [7, 11) is 0. The lowest BCUT2D eigenvalue weighted by Gasteiger charge is -2.36. The Labute approximate surface area is 186 Å². The molecule has 1 unspecified atom stereocenters. The molecule has 2 aliphatic heterocycles. The van der Waals surface area contributed by atoms with Crippen molar-refractivity contribution in [2.45, 2.75) is 30.4 Å². The highest BCUT2D eigenvalue weighted by molar-refractivity contribution is 7.98. The minimum atomic E-state index is -0.395. The van der Waals surface area contributed by atoms with Crippen LogP contribution < -0.4 is 15.2 Å². The minimum Gasteiger partial charge on any atom is -0.486 e. The molecule has 1 saturated heterocycles. The van der Waals surface area contributed by atoms with Gasteiger partial charge in [0.1, 0.15) is 17.7 Å². The largest absolute Gasteiger partial charge is 0.486 e. The SMILES string of the molecule is CSc1nccc(CC2CCN(CC3COc4cccc(Cl)c4O3)CC2)c1C(N)=O. The summed E-state index contributed by atoms with van der Waals surface area (Å²) in [6.45, 7) is 3.33. The number of para-hydroxylation sites is 1. The van der Waals surface area contributed by atoms with Crippen LogP contribution in [0.25, 0.3) is 0 Å². The number of amides is 1. The van der Waals surface area contributed by atoms with Crippen molar-refractivity contribution in [3.63, 3.8) is 0 Å². The Hall–Kier alpha value is -1.96. The molecule has 3 heterocycles. The van der Waals surface area contributed by atoms with E-state index in [0.29, 0.717) is 39.6 Å². The lowest BCUT2D eigenvalue weighted by molar-refractivity contribution is 0.0478. The third-order valence-corrected chi connectivity index (χ3v) is 6.75. The summed E-state index contributed by atoms with van der Waals surface area (Å²) >= 11 is 7.71. The fourth-order valence-electron chi connectivity index (χ4n) is 4.23. The maximum Gasteiger partial charge on any atom is 0.251 e. The van der Waals surface area contributed by atoms with Gasteiger partial charge in [0.25, 0.3) is 5.91 Å². The lowest BCUT2D eigenvalue weighted by Crippen LogP contribution is -2.44. The molecule has 160 valence electrons. The minimum absolute atomic E-state index is 0.0280. The number of piperidine rings is 1. The monoisotopic (exact) mass is 447 g/mol. The Morgan fingerprint density at radius 2 is 2.13 bits per heavy atom. The first-order valence-electron chi connectivity index (χ1n) is 10.2. The summed E-state index contributed by atoms with van der Waals surface area (Å²) < 4.78 is 11.9. The molecule has 2 aromatic rings. The van der Waals surface area contributed by atoms with Crippen molar-refractivity contribution in [1.82, 2.24) is 9.88 Å². The Kier molecular flexibility index (Phi) is 6.71. The molecule has 2 aliphatic rings. The molecular weight excluding hydrogens is 422 g/mol. The normalized spacial score (nSPS) is 19.6. The molecule has 0 saturated carbocycles. The highest BCUT2D eigenvalue weighted by Gasteiger charge is 2.28. The van der Waals surface area contributed by atoms with Gasteiger partial charge in [-0.1, -0.05) is 17.7 Å². The third kappa shape index (κ3) is 4.68. The number of ether oxygens (including phenoxy) is 2. The smallest absolute Gasteiger partial charge is 0.251 e. The van der Waals surface area contributed by atoms with Crippen molar-refractivity contribution >= 4 is 29.3 Å². The van der Waals surface area contributed by atoms with E-state index in [1.54, 1.807) is 6.20 Å². The van der Waals surface area contributed by atoms with Crippen LogP contribution in [0.1, 0.15) is 28.8 Å². The first kappa shape index (κ1) is 21.3. The van der Waals surface area contributed by atoms with Crippen molar-refractivity contribution in [1.29, 1.82) is 0 Å². The number of aromatic nitrogens is 1. The molecule has 1 aromatic carbocycles. The van der Waals surface area contributed by atoms with Gasteiger partial charge in [-0.3, -0.25) is 9.69 Å². The maximum atomic E-state index is 12.0. The highest BCUT2D eigenvalue weighted by atomic mass is 35.5. The summed E-state index contributed by atoms with van der Waals surface area (Å²) in [5, 5.41) is 1.30. The second-order valence-corrected chi connectivity index (χ2v) is 8.99. The standard InChI is InChI=1S/C22H26ClN3O3S/c1-30-22-19(21(24)27)15(5-8-25-22)11-14-6-9-26(10-7-14)12-16-13-28-18-4-2-3-17(23)20(18)29-16/h2-5,8,14,16H,6-7,9-13H2,1H3,(H2,24,27). The second-order valence-electron chi connectivity index (χ2n) is 7.78. The van der Waals surface area contributed by atoms with Gasteiger partial charge in [0.15, 0.2) is 11.5 Å². The van der Waals surface area contributed by atoms with Crippen LogP contribution in [0.2, 0.25) is 5.02 Å². The molecule has 1 fully saturated rings. The van der Waals surface area contributed by atoms with Crippen LogP contribution in [0, 0.1) is 5.92 Å². The Balaban J connectivity index is 1.32. The molecule has 30 heavy (non-hydrogen) atoms. The molecule has 1 amide bonds. The lowest BCUT2D eigenvalue weighted by atomic mass is 9.88. The van der Waals surface area contributed by atoms with Crippen LogP contribution in [0.4, 0.5) is 0 Å². The quantitative estimate of drug-likeness (QED) is 0.681. The predicted octanol–water partition coefficient (Wildman–Crippen LogP) is 3.65. The van der Waals surface area contributed by atoms with Gasteiger partial charge in [0.05, 0.1) is 10.6 Å². The Bertz CT molecular complexity index is 918. The van der Waals surface area contributed by atoms with E-state index in [4.69, 9.17) is 26.8 Å². The number of rotatable bonds is 6. The first-order valence-corrected chi connectivity index (χ1v) is 11.8. The molecule has 1 atom stereocenters. The van der Waals surface area contributed by atoms with E-state index in [0.717, 1.165) is 44.5 Å². The van der Waals surface area contributed by atoms with Gasteiger partial charge in [0.2, 0.25) is 0 Å². The van der Waals surface area contributed by atoms with Gasteiger partial charge in [-0.25, -0.2) is 4.98 Å². The van der Waals surface area contributed by atoms with Crippen LogP contribution in [-0.2, 0) is 6.42 Å². The number of thioether (sulfide) groups is 1. The summed E-state index contributed by atoms with van der Waals surface area (Å²) in [4.78, 5) is 18.7. The Morgan fingerprint density at radius 3 is 2.87 bits per heavy atom. The Morgan fingerprint density at radius 1 is 1.33 bits per heavy atom. The molecule has 0 aliphatic carbocycles. The first-order chi connectivity index (χ1) is 14.5. The van der Waals surface area contributed by atoms with Crippen LogP contribution in [-0.4, -0.2) is 54.4 Å². The van der Waals surface area contributed by atoms with E-state index >= 15 is 0 Å².